The molecule has 3 rings (SSSR count). The topological polar surface area (TPSA) is 94.5 Å². The van der Waals surface area contributed by atoms with Gasteiger partial charge in [-0.3, -0.25) is 9.59 Å². The summed E-state index contributed by atoms with van der Waals surface area (Å²) in [4.78, 5) is 27.6. The van der Waals surface area contributed by atoms with Crippen molar-refractivity contribution in [1.29, 1.82) is 0 Å². The number of benzene rings is 2. The fourth-order valence-corrected chi connectivity index (χ4v) is 3.98. The average molecular weight is 470 g/mol. The van der Waals surface area contributed by atoms with Crippen molar-refractivity contribution in [3.05, 3.63) is 59.2 Å². The predicted molar refractivity (Wildman–Crippen MR) is 127 cm³/mol. The van der Waals surface area contributed by atoms with Crippen LogP contribution in [0.15, 0.2) is 48.0 Å². The molecule has 0 bridgehead atoms. The highest BCUT2D eigenvalue weighted by Crippen LogP contribution is 2.42. The maximum Gasteiger partial charge on any atom is 0.295 e. The van der Waals surface area contributed by atoms with E-state index >= 15 is 0 Å². The number of Topliss-reactive ketones (excluding diaryl/α,β-unsaturated/α-hetero) is 1. The van der Waals surface area contributed by atoms with Gasteiger partial charge in [0, 0.05) is 25.8 Å². The van der Waals surface area contributed by atoms with Crippen LogP contribution in [0.3, 0.4) is 0 Å². The molecule has 0 saturated carbocycles. The second-order valence-electron chi connectivity index (χ2n) is 8.14. The molecule has 34 heavy (non-hydrogen) atoms. The summed E-state index contributed by atoms with van der Waals surface area (Å²) in [6.07, 6.45) is 0.538. The lowest BCUT2D eigenvalue weighted by atomic mass is 9.95. The van der Waals surface area contributed by atoms with Crippen LogP contribution in [0, 0.1) is 0 Å². The molecule has 0 aliphatic carbocycles. The maximum absolute atomic E-state index is 13.1. The van der Waals surface area contributed by atoms with Gasteiger partial charge in [0.15, 0.2) is 11.5 Å². The molecule has 0 unspecified atom stereocenters. The van der Waals surface area contributed by atoms with Gasteiger partial charge in [0.1, 0.15) is 11.5 Å². The molecule has 8 nitrogen and oxygen atoms in total. The van der Waals surface area contributed by atoms with Crippen LogP contribution in [0.4, 0.5) is 0 Å². The van der Waals surface area contributed by atoms with Gasteiger partial charge in [-0.15, -0.1) is 0 Å². The quantitative estimate of drug-likeness (QED) is 0.244. The molecule has 1 fully saturated rings. The predicted octanol–water partition coefficient (Wildman–Crippen LogP) is 3.95. The number of hydrogen-bond donors (Lipinski definition) is 1. The van der Waals surface area contributed by atoms with E-state index in [2.05, 4.69) is 0 Å². The highest BCUT2D eigenvalue weighted by atomic mass is 16.5. The van der Waals surface area contributed by atoms with Gasteiger partial charge in [0.2, 0.25) is 0 Å². The first kappa shape index (κ1) is 25.1. The Balaban J connectivity index is 2.10. The van der Waals surface area contributed by atoms with Crippen LogP contribution in [-0.2, 0) is 14.3 Å². The number of methoxy groups -OCH3 is 3. The normalized spacial score (nSPS) is 17.4. The first-order valence-corrected chi connectivity index (χ1v) is 11.1. The van der Waals surface area contributed by atoms with E-state index in [-0.39, 0.29) is 24.0 Å². The molecule has 8 heteroatoms. The molecule has 1 heterocycles. The summed E-state index contributed by atoms with van der Waals surface area (Å²) in [6, 6.07) is 11.2. The molecule has 1 saturated heterocycles. The Labute approximate surface area is 199 Å². The number of carbonyl (C=O) groups is 2. The van der Waals surface area contributed by atoms with E-state index in [1.165, 1.54) is 19.1 Å². The lowest BCUT2D eigenvalue weighted by Gasteiger charge is -2.26. The zero-order valence-corrected chi connectivity index (χ0v) is 20.2. The highest BCUT2D eigenvalue weighted by Gasteiger charge is 2.46. The molecule has 0 aromatic heterocycles. The zero-order chi connectivity index (χ0) is 24.8. The van der Waals surface area contributed by atoms with Gasteiger partial charge in [-0.25, -0.2) is 0 Å². The molecule has 0 radical (unpaired) electrons. The monoisotopic (exact) mass is 469 g/mol. The third-order valence-electron chi connectivity index (χ3n) is 5.51. The largest absolute Gasteiger partial charge is 0.507 e. The van der Waals surface area contributed by atoms with E-state index < -0.39 is 17.7 Å². The standard InChI is InChI=1S/C26H31NO7/c1-16(2)34-19-10-7-17(8-11-19)24(28)22-23(18-9-12-20(32-4)21(15-18)33-5)27(13-6-14-31-3)26(30)25(22)29/h7-12,15-16,23,28H,6,13-14H2,1-5H3/t23-/m0/s1. The van der Waals surface area contributed by atoms with Gasteiger partial charge in [0.25, 0.3) is 11.7 Å². The minimum Gasteiger partial charge on any atom is -0.507 e. The Bertz CT molecular complexity index is 1060. The summed E-state index contributed by atoms with van der Waals surface area (Å²) in [7, 11) is 4.62. The third kappa shape index (κ3) is 5.17. The molecule has 1 N–H and O–H groups in total. The number of ether oxygens (including phenoxy) is 4. The highest BCUT2D eigenvalue weighted by molar-refractivity contribution is 6.46. The Morgan fingerprint density at radius 1 is 1.00 bits per heavy atom. The average Bonchev–Trinajstić information content (AvgIpc) is 3.08. The summed E-state index contributed by atoms with van der Waals surface area (Å²) in [5.41, 5.74) is 1.05. The first-order chi connectivity index (χ1) is 16.3. The molecule has 1 amide bonds. The van der Waals surface area contributed by atoms with Crippen molar-refractivity contribution in [2.75, 3.05) is 34.5 Å². The summed E-state index contributed by atoms with van der Waals surface area (Å²) in [5.74, 6) is -0.0399. The van der Waals surface area contributed by atoms with Crippen molar-refractivity contribution in [3.63, 3.8) is 0 Å². The smallest absolute Gasteiger partial charge is 0.295 e. The minimum atomic E-state index is -0.789. The summed E-state index contributed by atoms with van der Waals surface area (Å²) >= 11 is 0. The number of ketones is 1. The van der Waals surface area contributed by atoms with Crippen LogP contribution in [0.5, 0.6) is 17.2 Å². The second-order valence-corrected chi connectivity index (χ2v) is 8.14. The second kappa shape index (κ2) is 11.1. The lowest BCUT2D eigenvalue weighted by molar-refractivity contribution is -0.140. The Morgan fingerprint density at radius 3 is 2.26 bits per heavy atom. The van der Waals surface area contributed by atoms with Crippen LogP contribution >= 0.6 is 0 Å². The fraction of sp³-hybridized carbons (Fsp3) is 0.385. The number of likely N-dealkylation sites (tertiary alicyclic amines) is 1. The summed E-state index contributed by atoms with van der Waals surface area (Å²) in [6.45, 7) is 4.55. The molecular formula is C26H31NO7. The van der Waals surface area contributed by atoms with Crippen LogP contribution in [0.2, 0.25) is 0 Å². The van der Waals surface area contributed by atoms with E-state index in [0.29, 0.717) is 41.4 Å². The molecule has 1 atom stereocenters. The minimum absolute atomic E-state index is 0.00178. The number of aliphatic hydroxyl groups excluding tert-OH is 1. The van der Waals surface area contributed by atoms with Crippen LogP contribution in [0.1, 0.15) is 37.4 Å². The number of aliphatic hydroxyl groups is 1. The summed E-state index contributed by atoms with van der Waals surface area (Å²) < 4.78 is 21.5. The Kier molecular flexibility index (Phi) is 8.17. The third-order valence-corrected chi connectivity index (χ3v) is 5.51. The van der Waals surface area contributed by atoms with E-state index in [9.17, 15) is 14.7 Å². The number of hydrogen-bond acceptors (Lipinski definition) is 7. The van der Waals surface area contributed by atoms with Crippen molar-refractivity contribution >= 4 is 17.4 Å². The molecule has 2 aromatic rings. The van der Waals surface area contributed by atoms with Gasteiger partial charge in [-0.05, 0) is 62.2 Å². The Morgan fingerprint density at radius 2 is 1.68 bits per heavy atom. The number of carbonyl (C=O) groups excluding carboxylic acids is 2. The molecule has 182 valence electrons. The van der Waals surface area contributed by atoms with Gasteiger partial charge in [0.05, 0.1) is 31.9 Å². The number of rotatable bonds is 10. The van der Waals surface area contributed by atoms with E-state index in [1.54, 1.807) is 49.6 Å². The van der Waals surface area contributed by atoms with E-state index in [4.69, 9.17) is 18.9 Å². The molecule has 2 aromatic carbocycles. The lowest BCUT2D eigenvalue weighted by Crippen LogP contribution is -2.31. The Hall–Kier alpha value is -3.52. The molecule has 1 aliphatic heterocycles. The van der Waals surface area contributed by atoms with Crippen molar-refractivity contribution in [1.82, 2.24) is 4.90 Å². The molecule has 0 spiro atoms. The number of amides is 1. The first-order valence-electron chi connectivity index (χ1n) is 11.1. The van der Waals surface area contributed by atoms with Crippen molar-refractivity contribution in [3.8, 4) is 17.2 Å². The van der Waals surface area contributed by atoms with E-state index in [1.807, 2.05) is 13.8 Å². The van der Waals surface area contributed by atoms with Crippen molar-refractivity contribution < 1.29 is 33.6 Å². The van der Waals surface area contributed by atoms with E-state index in [0.717, 1.165) is 0 Å². The summed E-state index contributed by atoms with van der Waals surface area (Å²) in [5, 5.41) is 11.2. The number of nitrogens with zero attached hydrogens (tertiary/aromatic N) is 1. The van der Waals surface area contributed by atoms with Gasteiger partial charge >= 0.3 is 0 Å². The van der Waals surface area contributed by atoms with Crippen LogP contribution in [-0.4, -0.2) is 62.3 Å². The fourth-order valence-electron chi connectivity index (χ4n) is 3.98. The SMILES string of the molecule is COCCCN1C(=O)C(=O)C(=C(O)c2ccc(OC(C)C)cc2)[C@@H]1c1ccc(OC)c(OC)c1. The van der Waals surface area contributed by atoms with Crippen LogP contribution < -0.4 is 14.2 Å². The maximum atomic E-state index is 13.1. The van der Waals surface area contributed by atoms with Crippen LogP contribution in [0.25, 0.3) is 5.76 Å². The van der Waals surface area contributed by atoms with Gasteiger partial charge in [-0.2, -0.15) is 0 Å². The van der Waals surface area contributed by atoms with Gasteiger partial charge in [-0.1, -0.05) is 6.07 Å². The molecule has 1 aliphatic rings. The van der Waals surface area contributed by atoms with Gasteiger partial charge < -0.3 is 29.0 Å². The van der Waals surface area contributed by atoms with Crippen molar-refractivity contribution in [2.24, 2.45) is 0 Å². The zero-order valence-electron chi connectivity index (χ0n) is 20.2. The molecular weight excluding hydrogens is 438 g/mol. The van der Waals surface area contributed by atoms with Crippen molar-refractivity contribution in [2.45, 2.75) is 32.4 Å².